The summed E-state index contributed by atoms with van der Waals surface area (Å²) in [7, 11) is -3.42. The fourth-order valence-corrected chi connectivity index (χ4v) is 3.95. The summed E-state index contributed by atoms with van der Waals surface area (Å²) in [5, 5.41) is 2.85. The minimum Gasteiger partial charge on any atom is -0.325 e. The van der Waals surface area contributed by atoms with Gasteiger partial charge in [-0.2, -0.15) is 11.8 Å². The van der Waals surface area contributed by atoms with Crippen LogP contribution in [0.5, 0.6) is 0 Å². The number of benzene rings is 1. The van der Waals surface area contributed by atoms with E-state index < -0.39 is 16.1 Å². The van der Waals surface area contributed by atoms with Crippen molar-refractivity contribution in [1.82, 2.24) is 4.72 Å². The van der Waals surface area contributed by atoms with Crippen molar-refractivity contribution >= 4 is 33.4 Å². The summed E-state index contributed by atoms with van der Waals surface area (Å²) in [5.41, 5.74) is 3.35. The molecule has 2 rings (SSSR count). The van der Waals surface area contributed by atoms with Gasteiger partial charge in [0.05, 0.1) is 5.75 Å². The van der Waals surface area contributed by atoms with E-state index in [0.29, 0.717) is 12.2 Å². The van der Waals surface area contributed by atoms with E-state index in [1.165, 1.54) is 11.1 Å². The zero-order valence-corrected chi connectivity index (χ0v) is 15.2. The van der Waals surface area contributed by atoms with Gasteiger partial charge in [-0.3, -0.25) is 4.79 Å². The van der Waals surface area contributed by atoms with Crippen LogP contribution in [0.3, 0.4) is 0 Å². The van der Waals surface area contributed by atoms with E-state index in [0.717, 1.165) is 24.9 Å². The molecular formula is C16H24N2O3S2. The molecule has 0 bridgehead atoms. The predicted molar refractivity (Wildman–Crippen MR) is 96.5 cm³/mol. The van der Waals surface area contributed by atoms with Gasteiger partial charge in [-0.25, -0.2) is 13.1 Å². The van der Waals surface area contributed by atoms with Crippen LogP contribution in [0, 0.1) is 0 Å². The quantitative estimate of drug-likeness (QED) is 0.749. The summed E-state index contributed by atoms with van der Waals surface area (Å²) in [4.78, 5) is 12.5. The summed E-state index contributed by atoms with van der Waals surface area (Å²) in [6.45, 7) is 1.56. The molecule has 5 nitrogen and oxygen atoms in total. The van der Waals surface area contributed by atoms with Crippen molar-refractivity contribution < 1.29 is 13.2 Å². The molecule has 1 aromatic rings. The number of sulfonamides is 1. The van der Waals surface area contributed by atoms with Gasteiger partial charge in [0.25, 0.3) is 0 Å². The van der Waals surface area contributed by atoms with E-state index in [-0.39, 0.29) is 11.7 Å². The fourth-order valence-electron chi connectivity index (χ4n) is 2.66. The highest BCUT2D eigenvalue weighted by atomic mass is 32.2. The van der Waals surface area contributed by atoms with Gasteiger partial charge in [-0.15, -0.1) is 0 Å². The van der Waals surface area contributed by atoms with Crippen molar-refractivity contribution in [1.29, 1.82) is 0 Å². The van der Waals surface area contributed by atoms with E-state index >= 15 is 0 Å². The van der Waals surface area contributed by atoms with Gasteiger partial charge in [0.1, 0.15) is 6.04 Å². The summed E-state index contributed by atoms with van der Waals surface area (Å²) < 4.78 is 26.1. The van der Waals surface area contributed by atoms with Crippen LogP contribution >= 0.6 is 11.8 Å². The van der Waals surface area contributed by atoms with Crippen LogP contribution in [-0.4, -0.2) is 38.1 Å². The van der Waals surface area contributed by atoms with Crippen molar-refractivity contribution in [3.05, 3.63) is 29.3 Å². The molecule has 2 N–H and O–H groups in total. The molecule has 1 aliphatic rings. The Balaban J connectivity index is 2.07. The first-order chi connectivity index (χ1) is 10.9. The number of fused-ring (bicyclic) bond motifs is 1. The van der Waals surface area contributed by atoms with Crippen LogP contribution in [-0.2, 0) is 27.7 Å². The molecule has 0 aliphatic heterocycles. The molecule has 0 aromatic heterocycles. The number of rotatable bonds is 8. The highest BCUT2D eigenvalue weighted by molar-refractivity contribution is 7.98. The Hall–Kier alpha value is -1.05. The Morgan fingerprint density at radius 1 is 1.30 bits per heavy atom. The Labute approximate surface area is 142 Å². The lowest BCUT2D eigenvalue weighted by molar-refractivity contribution is -0.117. The number of amides is 1. The summed E-state index contributed by atoms with van der Waals surface area (Å²) in [6, 6.07) is 5.20. The van der Waals surface area contributed by atoms with Gasteiger partial charge >= 0.3 is 0 Å². The van der Waals surface area contributed by atoms with Crippen LogP contribution in [0.25, 0.3) is 0 Å². The van der Waals surface area contributed by atoms with E-state index in [2.05, 4.69) is 10.0 Å². The molecule has 1 unspecified atom stereocenters. The normalized spacial score (nSPS) is 15.2. The summed E-state index contributed by atoms with van der Waals surface area (Å²) >= 11 is 1.59. The molecule has 1 aliphatic carbocycles. The van der Waals surface area contributed by atoms with Gasteiger partial charge in [0.2, 0.25) is 15.9 Å². The maximum absolute atomic E-state index is 12.5. The molecule has 1 atom stereocenters. The molecule has 0 saturated carbocycles. The highest BCUT2D eigenvalue weighted by Gasteiger charge is 2.23. The molecule has 0 heterocycles. The second-order valence-corrected chi connectivity index (χ2v) is 8.71. The second kappa shape index (κ2) is 8.17. The highest BCUT2D eigenvalue weighted by Crippen LogP contribution is 2.25. The Kier molecular flexibility index (Phi) is 6.50. The molecular weight excluding hydrogens is 332 g/mol. The maximum Gasteiger partial charge on any atom is 0.242 e. The largest absolute Gasteiger partial charge is 0.325 e. The third kappa shape index (κ3) is 5.22. The lowest BCUT2D eigenvalue weighted by Crippen LogP contribution is -2.44. The Morgan fingerprint density at radius 3 is 2.74 bits per heavy atom. The zero-order valence-electron chi connectivity index (χ0n) is 13.6. The number of carbonyl (C=O) groups excluding carboxylic acids is 1. The monoisotopic (exact) mass is 356 g/mol. The summed E-state index contributed by atoms with van der Waals surface area (Å²) in [5.74, 6) is 0.387. The average Bonchev–Trinajstić information content (AvgIpc) is 2.99. The number of hydrogen-bond acceptors (Lipinski definition) is 4. The molecule has 23 heavy (non-hydrogen) atoms. The molecule has 0 saturated heterocycles. The third-order valence-electron chi connectivity index (χ3n) is 4.00. The van der Waals surface area contributed by atoms with Gasteiger partial charge in [0.15, 0.2) is 0 Å². The average molecular weight is 357 g/mol. The molecule has 0 fully saturated rings. The maximum atomic E-state index is 12.5. The van der Waals surface area contributed by atoms with Crippen molar-refractivity contribution in [2.24, 2.45) is 0 Å². The lowest BCUT2D eigenvalue weighted by Gasteiger charge is -2.18. The van der Waals surface area contributed by atoms with Gasteiger partial charge < -0.3 is 5.32 Å². The number of hydrogen-bond donors (Lipinski definition) is 2. The molecule has 7 heteroatoms. The SMILES string of the molecule is CCS(=O)(=O)NC(CCSC)C(=O)Nc1ccc2c(c1)CCC2. The van der Waals surface area contributed by atoms with Gasteiger partial charge in [0, 0.05) is 5.69 Å². The predicted octanol–water partition coefficient (Wildman–Crippen LogP) is 2.17. The number of nitrogens with one attached hydrogen (secondary N) is 2. The van der Waals surface area contributed by atoms with Crippen LogP contribution < -0.4 is 10.0 Å². The number of aryl methyl sites for hydroxylation is 2. The third-order valence-corrected chi connectivity index (χ3v) is 6.04. The first-order valence-corrected chi connectivity index (χ1v) is 10.9. The zero-order chi connectivity index (χ0) is 16.9. The van der Waals surface area contributed by atoms with Crippen molar-refractivity contribution in [3.63, 3.8) is 0 Å². The van der Waals surface area contributed by atoms with Crippen molar-refractivity contribution in [2.45, 2.75) is 38.6 Å². The minimum atomic E-state index is -3.42. The van der Waals surface area contributed by atoms with E-state index in [9.17, 15) is 13.2 Å². The molecule has 1 amide bonds. The minimum absolute atomic E-state index is 0.0328. The Bertz CT molecular complexity index is 659. The number of thioether (sulfide) groups is 1. The van der Waals surface area contributed by atoms with Crippen LogP contribution in [0.1, 0.15) is 30.9 Å². The molecule has 0 spiro atoms. The summed E-state index contributed by atoms with van der Waals surface area (Å²) in [6.07, 6.45) is 5.69. The van der Waals surface area contributed by atoms with Crippen LogP contribution in [0.2, 0.25) is 0 Å². The van der Waals surface area contributed by atoms with E-state index in [4.69, 9.17) is 0 Å². The van der Waals surface area contributed by atoms with Crippen molar-refractivity contribution in [2.75, 3.05) is 23.1 Å². The lowest BCUT2D eigenvalue weighted by atomic mass is 10.1. The second-order valence-electron chi connectivity index (χ2n) is 5.68. The molecule has 1 aromatic carbocycles. The van der Waals surface area contributed by atoms with Crippen LogP contribution in [0.15, 0.2) is 18.2 Å². The van der Waals surface area contributed by atoms with E-state index in [1.807, 2.05) is 24.5 Å². The Morgan fingerprint density at radius 2 is 2.04 bits per heavy atom. The standard InChI is InChI=1S/C16H24N2O3S2/c1-3-23(20,21)18-15(9-10-22-2)16(19)17-14-8-7-12-5-4-6-13(12)11-14/h7-8,11,15,18H,3-6,9-10H2,1-2H3,(H,17,19). The van der Waals surface area contributed by atoms with E-state index in [1.54, 1.807) is 18.7 Å². The molecule has 0 radical (unpaired) electrons. The fraction of sp³-hybridized carbons (Fsp3) is 0.562. The topological polar surface area (TPSA) is 75.3 Å². The van der Waals surface area contributed by atoms with Gasteiger partial charge in [-0.05, 0) is 67.9 Å². The number of anilines is 1. The van der Waals surface area contributed by atoms with Crippen LogP contribution in [0.4, 0.5) is 5.69 Å². The molecule has 128 valence electrons. The van der Waals surface area contributed by atoms with Gasteiger partial charge in [-0.1, -0.05) is 6.07 Å². The first kappa shape index (κ1) is 18.3. The van der Waals surface area contributed by atoms with Crippen molar-refractivity contribution in [3.8, 4) is 0 Å². The first-order valence-electron chi connectivity index (χ1n) is 7.87. The number of carbonyl (C=O) groups is 1. The smallest absolute Gasteiger partial charge is 0.242 e.